The van der Waals surface area contributed by atoms with Gasteiger partial charge in [0, 0.05) is 13.6 Å². The Morgan fingerprint density at radius 3 is 2.42 bits per heavy atom. The van der Waals surface area contributed by atoms with E-state index in [1.807, 2.05) is 38.1 Å². The second-order valence-electron chi connectivity index (χ2n) is 4.79. The van der Waals surface area contributed by atoms with Crippen LogP contribution in [0.25, 0.3) is 0 Å². The molecule has 0 aliphatic carbocycles. The summed E-state index contributed by atoms with van der Waals surface area (Å²) in [5.74, 6) is 0.532. The number of nitrogens with two attached hydrogens (primary N) is 1. The Balaban J connectivity index is 2.60. The molecule has 0 saturated carbocycles. The molecule has 0 heterocycles. The molecule has 1 unspecified atom stereocenters. The van der Waals surface area contributed by atoms with Crippen molar-refractivity contribution in [3.63, 3.8) is 0 Å². The first kappa shape index (κ1) is 15.5. The molecule has 1 amide bonds. The molecule has 5 heteroatoms. The molecule has 3 N–H and O–H groups in total. The van der Waals surface area contributed by atoms with E-state index in [1.54, 1.807) is 7.05 Å². The van der Waals surface area contributed by atoms with Crippen LogP contribution in [0.3, 0.4) is 0 Å². The standard InChI is InChI=1S/C14H22N2O3/c1-10(2)19-12-6-4-11(5-7-12)8-16(3)14(18)13(15)9-17/h4-7,10,13,17H,8-9,15H2,1-3H3. The summed E-state index contributed by atoms with van der Waals surface area (Å²) in [6, 6.07) is 6.71. The number of nitrogens with zero attached hydrogens (tertiary/aromatic N) is 1. The third-order valence-electron chi connectivity index (χ3n) is 2.60. The predicted molar refractivity (Wildman–Crippen MR) is 73.7 cm³/mol. The summed E-state index contributed by atoms with van der Waals surface area (Å²) in [5.41, 5.74) is 6.47. The van der Waals surface area contributed by atoms with E-state index >= 15 is 0 Å². The van der Waals surface area contributed by atoms with Gasteiger partial charge in [-0.2, -0.15) is 0 Å². The molecule has 0 bridgehead atoms. The number of hydrogen-bond donors (Lipinski definition) is 2. The maximum absolute atomic E-state index is 11.7. The highest BCUT2D eigenvalue weighted by molar-refractivity contribution is 5.81. The highest BCUT2D eigenvalue weighted by Gasteiger charge is 2.16. The summed E-state index contributed by atoms with van der Waals surface area (Å²) in [6.07, 6.45) is 0.137. The van der Waals surface area contributed by atoms with Crippen molar-refractivity contribution in [1.29, 1.82) is 0 Å². The molecule has 19 heavy (non-hydrogen) atoms. The van der Waals surface area contributed by atoms with Crippen molar-refractivity contribution in [1.82, 2.24) is 4.90 Å². The maximum Gasteiger partial charge on any atom is 0.241 e. The fourth-order valence-corrected chi connectivity index (χ4v) is 1.66. The lowest BCUT2D eigenvalue weighted by atomic mass is 10.2. The lowest BCUT2D eigenvalue weighted by Crippen LogP contribution is -2.43. The van der Waals surface area contributed by atoms with Gasteiger partial charge in [0.15, 0.2) is 0 Å². The summed E-state index contributed by atoms with van der Waals surface area (Å²) in [7, 11) is 1.66. The molecule has 0 fully saturated rings. The Morgan fingerprint density at radius 2 is 1.95 bits per heavy atom. The van der Waals surface area contributed by atoms with E-state index in [-0.39, 0.29) is 18.6 Å². The molecular weight excluding hydrogens is 244 g/mol. The molecule has 0 aliphatic heterocycles. The van der Waals surface area contributed by atoms with Crippen LogP contribution in [0.1, 0.15) is 19.4 Å². The van der Waals surface area contributed by atoms with Gasteiger partial charge in [0.2, 0.25) is 5.91 Å². The number of benzene rings is 1. The van der Waals surface area contributed by atoms with E-state index in [1.165, 1.54) is 4.90 Å². The van der Waals surface area contributed by atoms with Crippen LogP contribution >= 0.6 is 0 Å². The van der Waals surface area contributed by atoms with E-state index in [0.29, 0.717) is 6.54 Å². The Morgan fingerprint density at radius 1 is 1.37 bits per heavy atom. The van der Waals surface area contributed by atoms with Crippen molar-refractivity contribution in [2.75, 3.05) is 13.7 Å². The van der Waals surface area contributed by atoms with E-state index in [4.69, 9.17) is 15.6 Å². The molecular formula is C14H22N2O3. The average Bonchev–Trinajstić information content (AvgIpc) is 2.38. The second kappa shape index (κ2) is 7.11. The fraction of sp³-hybridized carbons (Fsp3) is 0.500. The summed E-state index contributed by atoms with van der Waals surface area (Å²) in [6.45, 7) is 4.05. The minimum atomic E-state index is -0.853. The molecule has 0 spiro atoms. The Bertz CT molecular complexity index is 404. The third-order valence-corrected chi connectivity index (χ3v) is 2.60. The van der Waals surface area contributed by atoms with Crippen molar-refractivity contribution < 1.29 is 14.6 Å². The molecule has 1 aromatic rings. The van der Waals surface area contributed by atoms with Gasteiger partial charge in [0.25, 0.3) is 0 Å². The lowest BCUT2D eigenvalue weighted by Gasteiger charge is -2.20. The first-order valence-corrected chi connectivity index (χ1v) is 6.31. The normalized spacial score (nSPS) is 12.3. The van der Waals surface area contributed by atoms with Crippen LogP contribution in [0.15, 0.2) is 24.3 Å². The minimum absolute atomic E-state index is 0.137. The van der Waals surface area contributed by atoms with E-state index < -0.39 is 6.04 Å². The van der Waals surface area contributed by atoms with Gasteiger partial charge in [-0.3, -0.25) is 4.79 Å². The van der Waals surface area contributed by atoms with Crippen LogP contribution in [0.5, 0.6) is 5.75 Å². The minimum Gasteiger partial charge on any atom is -0.491 e. The maximum atomic E-state index is 11.7. The number of aliphatic hydroxyl groups excluding tert-OH is 1. The number of ether oxygens (including phenoxy) is 1. The Hall–Kier alpha value is -1.59. The largest absolute Gasteiger partial charge is 0.491 e. The van der Waals surface area contributed by atoms with Crippen molar-refractivity contribution >= 4 is 5.91 Å². The molecule has 5 nitrogen and oxygen atoms in total. The SMILES string of the molecule is CC(C)Oc1ccc(CN(C)C(=O)C(N)CO)cc1. The van der Waals surface area contributed by atoms with Crippen molar-refractivity contribution in [3.8, 4) is 5.75 Å². The number of hydrogen-bond acceptors (Lipinski definition) is 4. The molecule has 0 radical (unpaired) electrons. The third kappa shape index (κ3) is 4.89. The van der Waals surface area contributed by atoms with E-state index in [0.717, 1.165) is 11.3 Å². The summed E-state index contributed by atoms with van der Waals surface area (Å²) in [5, 5.41) is 8.85. The number of likely N-dealkylation sites (N-methyl/N-ethyl adjacent to an activating group) is 1. The van der Waals surface area contributed by atoms with Crippen LogP contribution in [0.2, 0.25) is 0 Å². The first-order valence-electron chi connectivity index (χ1n) is 6.31. The molecule has 0 aromatic heterocycles. The number of carbonyl (C=O) groups excluding carboxylic acids is 1. The van der Waals surface area contributed by atoms with Gasteiger partial charge in [-0.15, -0.1) is 0 Å². The quantitative estimate of drug-likeness (QED) is 0.796. The Labute approximate surface area is 114 Å². The second-order valence-corrected chi connectivity index (χ2v) is 4.79. The Kier molecular flexibility index (Phi) is 5.79. The fourth-order valence-electron chi connectivity index (χ4n) is 1.66. The van der Waals surface area contributed by atoms with Gasteiger partial charge in [0.1, 0.15) is 11.8 Å². The summed E-state index contributed by atoms with van der Waals surface area (Å²) < 4.78 is 5.54. The van der Waals surface area contributed by atoms with E-state index in [9.17, 15) is 4.79 Å². The van der Waals surface area contributed by atoms with Crippen molar-refractivity contribution in [2.24, 2.45) is 5.73 Å². The average molecular weight is 266 g/mol. The van der Waals surface area contributed by atoms with Gasteiger partial charge in [0.05, 0.1) is 12.7 Å². The number of carbonyl (C=O) groups is 1. The molecule has 106 valence electrons. The van der Waals surface area contributed by atoms with Crippen LogP contribution < -0.4 is 10.5 Å². The predicted octanol–water partition coefficient (Wildman–Crippen LogP) is 0.752. The first-order chi connectivity index (χ1) is 8.93. The van der Waals surface area contributed by atoms with Crippen LogP contribution in [-0.4, -0.2) is 41.7 Å². The van der Waals surface area contributed by atoms with Crippen LogP contribution in [0, 0.1) is 0 Å². The zero-order valence-electron chi connectivity index (χ0n) is 11.7. The topological polar surface area (TPSA) is 75.8 Å². The highest BCUT2D eigenvalue weighted by Crippen LogP contribution is 2.14. The van der Waals surface area contributed by atoms with Gasteiger partial charge >= 0.3 is 0 Å². The number of aliphatic hydroxyl groups is 1. The van der Waals surface area contributed by atoms with Gasteiger partial charge in [-0.1, -0.05) is 12.1 Å². The zero-order valence-corrected chi connectivity index (χ0v) is 11.7. The van der Waals surface area contributed by atoms with Crippen LogP contribution in [0.4, 0.5) is 0 Å². The molecule has 1 rings (SSSR count). The van der Waals surface area contributed by atoms with Gasteiger partial charge in [-0.05, 0) is 31.5 Å². The monoisotopic (exact) mass is 266 g/mol. The zero-order chi connectivity index (χ0) is 14.4. The van der Waals surface area contributed by atoms with Crippen LogP contribution in [-0.2, 0) is 11.3 Å². The van der Waals surface area contributed by atoms with Gasteiger partial charge in [-0.25, -0.2) is 0 Å². The molecule has 0 aliphatic rings. The summed E-state index contributed by atoms with van der Waals surface area (Å²) in [4.78, 5) is 13.2. The van der Waals surface area contributed by atoms with E-state index in [2.05, 4.69) is 0 Å². The molecule has 0 saturated heterocycles. The highest BCUT2D eigenvalue weighted by atomic mass is 16.5. The number of rotatable bonds is 6. The summed E-state index contributed by atoms with van der Waals surface area (Å²) >= 11 is 0. The molecule has 1 atom stereocenters. The smallest absolute Gasteiger partial charge is 0.241 e. The van der Waals surface area contributed by atoms with Crippen molar-refractivity contribution in [2.45, 2.75) is 32.5 Å². The van der Waals surface area contributed by atoms with Crippen molar-refractivity contribution in [3.05, 3.63) is 29.8 Å². The molecule has 1 aromatic carbocycles. The number of amides is 1. The lowest BCUT2D eigenvalue weighted by molar-refractivity contribution is -0.132. The van der Waals surface area contributed by atoms with Gasteiger partial charge < -0.3 is 20.5 Å².